The van der Waals surface area contributed by atoms with Crippen LogP contribution in [0.4, 0.5) is 4.39 Å². The van der Waals surface area contributed by atoms with E-state index in [0.717, 1.165) is 12.1 Å². The number of amides is 1. The van der Waals surface area contributed by atoms with Crippen LogP contribution in [0.15, 0.2) is 17.0 Å². The van der Waals surface area contributed by atoms with Crippen LogP contribution in [0, 0.1) is 12.7 Å². The van der Waals surface area contributed by atoms with Gasteiger partial charge in [-0.15, -0.1) is 0 Å². The number of rotatable bonds is 6. The largest absolute Gasteiger partial charge is 0.380 e. The number of nitrogens with zero attached hydrogens (tertiary/aromatic N) is 1. The molecule has 118 valence electrons. The van der Waals surface area contributed by atoms with Gasteiger partial charge in [-0.1, -0.05) is 0 Å². The van der Waals surface area contributed by atoms with E-state index in [1.807, 2.05) is 6.92 Å². The van der Waals surface area contributed by atoms with E-state index in [9.17, 15) is 17.6 Å². The van der Waals surface area contributed by atoms with E-state index in [1.165, 1.54) is 18.9 Å². The summed E-state index contributed by atoms with van der Waals surface area (Å²) < 4.78 is 41.9. The van der Waals surface area contributed by atoms with Crippen molar-refractivity contribution in [2.75, 3.05) is 26.8 Å². The number of benzene rings is 1. The number of ether oxygens (including phenoxy) is 1. The molecule has 1 aromatic rings. The van der Waals surface area contributed by atoms with Gasteiger partial charge < -0.3 is 9.64 Å². The molecular weight excluding hydrogens is 321 g/mol. The molecule has 1 rings (SSSR count). The van der Waals surface area contributed by atoms with Crippen LogP contribution in [0.2, 0.25) is 0 Å². The highest BCUT2D eigenvalue weighted by Gasteiger charge is 2.22. The molecule has 0 bridgehead atoms. The first kappa shape index (κ1) is 17.9. The highest BCUT2D eigenvalue weighted by molar-refractivity contribution is 8.13. The normalized spacial score (nSPS) is 11.5. The van der Waals surface area contributed by atoms with Gasteiger partial charge in [0.2, 0.25) is 0 Å². The summed E-state index contributed by atoms with van der Waals surface area (Å²) in [6.07, 6.45) is 0. The van der Waals surface area contributed by atoms with Gasteiger partial charge in [-0.25, -0.2) is 12.8 Å². The zero-order valence-electron chi connectivity index (χ0n) is 12.0. The molecule has 0 aliphatic carbocycles. The van der Waals surface area contributed by atoms with E-state index in [0.29, 0.717) is 13.2 Å². The maximum atomic E-state index is 13.9. The molecular formula is C13H17ClFNO4S. The molecule has 21 heavy (non-hydrogen) atoms. The first-order valence-electron chi connectivity index (χ1n) is 6.26. The maximum absolute atomic E-state index is 13.9. The third kappa shape index (κ3) is 4.66. The summed E-state index contributed by atoms with van der Waals surface area (Å²) in [5.41, 5.74) is -0.185. The van der Waals surface area contributed by atoms with E-state index in [2.05, 4.69) is 0 Å². The molecule has 0 aromatic heterocycles. The Morgan fingerprint density at radius 2 is 2.05 bits per heavy atom. The molecule has 0 saturated heterocycles. The Morgan fingerprint density at radius 3 is 2.57 bits per heavy atom. The Balaban J connectivity index is 3.10. The van der Waals surface area contributed by atoms with Crippen LogP contribution in [0.5, 0.6) is 0 Å². The Hall–Kier alpha value is -1.18. The predicted molar refractivity (Wildman–Crippen MR) is 77.6 cm³/mol. The third-order valence-electron chi connectivity index (χ3n) is 2.88. The van der Waals surface area contributed by atoms with Crippen LogP contribution in [0.25, 0.3) is 0 Å². The molecule has 0 fully saturated rings. The summed E-state index contributed by atoms with van der Waals surface area (Å²) in [5.74, 6) is -1.42. The van der Waals surface area contributed by atoms with Crippen molar-refractivity contribution in [3.63, 3.8) is 0 Å². The van der Waals surface area contributed by atoms with Crippen LogP contribution >= 0.6 is 10.7 Å². The summed E-state index contributed by atoms with van der Waals surface area (Å²) >= 11 is 0. The average molecular weight is 338 g/mol. The minimum absolute atomic E-state index is 0.149. The quantitative estimate of drug-likeness (QED) is 0.589. The minimum atomic E-state index is -4.04. The summed E-state index contributed by atoms with van der Waals surface area (Å²) in [6.45, 7) is 4.32. The number of hydrogen-bond acceptors (Lipinski definition) is 4. The highest BCUT2D eigenvalue weighted by Crippen LogP contribution is 2.24. The molecule has 0 unspecified atom stereocenters. The number of hydrogen-bond donors (Lipinski definition) is 0. The van der Waals surface area contributed by atoms with Gasteiger partial charge in [-0.3, -0.25) is 4.79 Å². The van der Waals surface area contributed by atoms with Gasteiger partial charge in [0.25, 0.3) is 15.0 Å². The zero-order chi connectivity index (χ0) is 16.2. The van der Waals surface area contributed by atoms with Crippen molar-refractivity contribution in [1.82, 2.24) is 4.90 Å². The molecule has 0 N–H and O–H groups in total. The molecule has 5 nitrogen and oxygen atoms in total. The average Bonchev–Trinajstić information content (AvgIpc) is 2.36. The number of aryl methyl sites for hydroxylation is 1. The van der Waals surface area contributed by atoms with E-state index >= 15 is 0 Å². The maximum Gasteiger partial charge on any atom is 0.261 e. The summed E-state index contributed by atoms with van der Waals surface area (Å²) in [7, 11) is 2.72. The molecule has 0 heterocycles. The fourth-order valence-electron chi connectivity index (χ4n) is 1.73. The molecule has 1 aromatic carbocycles. The molecule has 0 aliphatic rings. The predicted octanol–water partition coefficient (Wildman–Crippen LogP) is 2.17. The van der Waals surface area contributed by atoms with Crippen LogP contribution in [0.3, 0.4) is 0 Å². The van der Waals surface area contributed by atoms with E-state index in [-0.39, 0.29) is 22.6 Å². The van der Waals surface area contributed by atoms with Gasteiger partial charge in [0.15, 0.2) is 0 Å². The topological polar surface area (TPSA) is 63.7 Å². The molecule has 0 spiro atoms. The lowest BCUT2D eigenvalue weighted by Crippen LogP contribution is -2.31. The van der Waals surface area contributed by atoms with Gasteiger partial charge >= 0.3 is 0 Å². The van der Waals surface area contributed by atoms with Gasteiger partial charge in [-0.2, -0.15) is 0 Å². The first-order chi connectivity index (χ1) is 9.68. The second kappa shape index (κ2) is 7.20. The molecule has 0 aliphatic heterocycles. The number of halogens is 2. The van der Waals surface area contributed by atoms with Crippen molar-refractivity contribution in [3.8, 4) is 0 Å². The minimum Gasteiger partial charge on any atom is -0.380 e. The SMILES string of the molecule is CCOCCN(C)C(=O)c1cc(S(=O)(=O)Cl)c(C)cc1F. The lowest BCUT2D eigenvalue weighted by atomic mass is 10.1. The molecule has 0 radical (unpaired) electrons. The molecule has 0 saturated carbocycles. The lowest BCUT2D eigenvalue weighted by Gasteiger charge is -2.18. The van der Waals surface area contributed by atoms with E-state index in [4.69, 9.17) is 15.4 Å². The molecule has 0 atom stereocenters. The van der Waals surface area contributed by atoms with Crippen LogP contribution in [-0.4, -0.2) is 46.0 Å². The van der Waals surface area contributed by atoms with Gasteiger partial charge in [0.1, 0.15) is 5.82 Å². The van der Waals surface area contributed by atoms with Crippen molar-refractivity contribution in [2.45, 2.75) is 18.7 Å². The Kier molecular flexibility index (Phi) is 6.12. The van der Waals surface area contributed by atoms with Crippen LogP contribution < -0.4 is 0 Å². The summed E-state index contributed by atoms with van der Waals surface area (Å²) in [5, 5.41) is 0. The fourth-order valence-corrected chi connectivity index (χ4v) is 2.93. The van der Waals surface area contributed by atoms with Crippen molar-refractivity contribution in [3.05, 3.63) is 29.1 Å². The number of carbonyl (C=O) groups is 1. The second-order valence-electron chi connectivity index (χ2n) is 4.46. The fraction of sp³-hybridized carbons (Fsp3) is 0.462. The summed E-state index contributed by atoms with van der Waals surface area (Å²) in [4.78, 5) is 13.1. The van der Waals surface area contributed by atoms with Gasteiger partial charge in [0, 0.05) is 30.9 Å². The van der Waals surface area contributed by atoms with Gasteiger partial charge in [0.05, 0.1) is 17.1 Å². The standard InChI is InChI=1S/C13H17ClFNO4S/c1-4-20-6-5-16(3)13(17)10-8-12(21(14,18)19)9(2)7-11(10)15/h7-8H,4-6H2,1-3H3. The number of carbonyl (C=O) groups excluding carboxylic acids is 1. The smallest absolute Gasteiger partial charge is 0.261 e. The first-order valence-corrected chi connectivity index (χ1v) is 8.57. The Morgan fingerprint density at radius 1 is 1.43 bits per heavy atom. The van der Waals surface area contributed by atoms with Crippen molar-refractivity contribution in [2.24, 2.45) is 0 Å². The lowest BCUT2D eigenvalue weighted by molar-refractivity contribution is 0.0705. The Labute approximate surface area is 128 Å². The van der Waals surface area contributed by atoms with Crippen LogP contribution in [-0.2, 0) is 13.8 Å². The van der Waals surface area contributed by atoms with Crippen molar-refractivity contribution >= 4 is 25.6 Å². The number of likely N-dealkylation sites (N-methyl/N-ethyl adjacent to an activating group) is 1. The molecule has 8 heteroatoms. The second-order valence-corrected chi connectivity index (χ2v) is 6.99. The summed E-state index contributed by atoms with van der Waals surface area (Å²) in [6, 6.07) is 1.95. The zero-order valence-corrected chi connectivity index (χ0v) is 13.6. The highest BCUT2D eigenvalue weighted by atomic mass is 35.7. The van der Waals surface area contributed by atoms with Gasteiger partial charge in [-0.05, 0) is 31.5 Å². The van der Waals surface area contributed by atoms with Crippen molar-refractivity contribution in [1.29, 1.82) is 0 Å². The van der Waals surface area contributed by atoms with Crippen molar-refractivity contribution < 1.29 is 22.3 Å². The van der Waals surface area contributed by atoms with E-state index < -0.39 is 20.8 Å². The van der Waals surface area contributed by atoms with E-state index in [1.54, 1.807) is 0 Å². The molecule has 1 amide bonds. The monoisotopic (exact) mass is 337 g/mol. The Bertz CT molecular complexity index is 633. The third-order valence-corrected chi connectivity index (χ3v) is 4.34. The van der Waals surface area contributed by atoms with Crippen LogP contribution in [0.1, 0.15) is 22.8 Å².